The average molecular weight is 338 g/mol. The first-order chi connectivity index (χ1) is 10.9. The van der Waals surface area contributed by atoms with Crippen LogP contribution >= 0.6 is 11.3 Å². The number of thiophene rings is 1. The van der Waals surface area contributed by atoms with E-state index < -0.39 is 5.60 Å². The van der Waals surface area contributed by atoms with Crippen molar-refractivity contribution < 1.29 is 14.6 Å². The zero-order chi connectivity index (χ0) is 16.4. The van der Waals surface area contributed by atoms with Crippen LogP contribution in [0.4, 0.5) is 0 Å². The monoisotopic (exact) mass is 338 g/mol. The summed E-state index contributed by atoms with van der Waals surface area (Å²) in [5, 5.41) is 12.0. The molecule has 1 aromatic heterocycles. The van der Waals surface area contributed by atoms with Gasteiger partial charge in [0.15, 0.2) is 0 Å². The molecular weight excluding hydrogens is 312 g/mol. The maximum atomic E-state index is 12.6. The third kappa shape index (κ3) is 4.32. The fourth-order valence-corrected chi connectivity index (χ4v) is 4.30. The van der Waals surface area contributed by atoms with E-state index in [9.17, 15) is 9.90 Å². The van der Waals surface area contributed by atoms with Crippen LogP contribution in [0.25, 0.3) is 0 Å². The van der Waals surface area contributed by atoms with Gasteiger partial charge in [-0.05, 0) is 30.9 Å². The van der Waals surface area contributed by atoms with E-state index >= 15 is 0 Å². The van der Waals surface area contributed by atoms with Gasteiger partial charge in [-0.15, -0.1) is 11.3 Å². The number of fused-ring (bicyclic) bond motifs is 1. The van der Waals surface area contributed by atoms with Crippen molar-refractivity contribution in [3.05, 3.63) is 21.9 Å². The molecule has 1 fully saturated rings. The van der Waals surface area contributed by atoms with Crippen LogP contribution in [0.5, 0.6) is 0 Å². The maximum absolute atomic E-state index is 12.6. The number of piperazine rings is 1. The summed E-state index contributed by atoms with van der Waals surface area (Å²) >= 11 is 1.76. The molecule has 3 heterocycles. The summed E-state index contributed by atoms with van der Waals surface area (Å²) in [5.74, 6) is 0.178. The predicted octanol–water partition coefficient (Wildman–Crippen LogP) is 1.67. The van der Waals surface area contributed by atoms with Gasteiger partial charge in [-0.2, -0.15) is 0 Å². The van der Waals surface area contributed by atoms with Gasteiger partial charge in [0, 0.05) is 44.0 Å². The van der Waals surface area contributed by atoms with Gasteiger partial charge in [0.05, 0.1) is 24.7 Å². The molecule has 6 heteroatoms. The van der Waals surface area contributed by atoms with Crippen LogP contribution in [0.3, 0.4) is 0 Å². The second-order valence-electron chi connectivity index (χ2n) is 7.08. The molecule has 3 rings (SSSR count). The molecule has 0 saturated carbocycles. The molecule has 2 aliphatic rings. The van der Waals surface area contributed by atoms with Crippen molar-refractivity contribution in [2.75, 3.05) is 39.3 Å². The molecule has 0 bridgehead atoms. The lowest BCUT2D eigenvalue weighted by molar-refractivity contribution is -0.136. The number of carbonyl (C=O) groups excluding carboxylic acids is 1. The SMILES string of the molecule is CC(C)(O)CN1CCN(C(=O)CC2OCCc3sccc32)CC1. The van der Waals surface area contributed by atoms with Crippen LogP contribution in [0.1, 0.15) is 36.8 Å². The van der Waals surface area contributed by atoms with Crippen LogP contribution in [-0.2, 0) is 16.0 Å². The highest BCUT2D eigenvalue weighted by molar-refractivity contribution is 7.10. The predicted molar refractivity (Wildman–Crippen MR) is 90.7 cm³/mol. The van der Waals surface area contributed by atoms with E-state index in [0.29, 0.717) is 19.6 Å². The molecule has 128 valence electrons. The normalized spacial score (nSPS) is 22.9. The van der Waals surface area contributed by atoms with Crippen molar-refractivity contribution in [1.29, 1.82) is 0 Å². The highest BCUT2D eigenvalue weighted by Gasteiger charge is 2.29. The third-order valence-electron chi connectivity index (χ3n) is 4.47. The second kappa shape index (κ2) is 6.89. The number of carbonyl (C=O) groups is 1. The fraction of sp³-hybridized carbons (Fsp3) is 0.706. The molecular formula is C17H26N2O3S. The van der Waals surface area contributed by atoms with Crippen molar-refractivity contribution >= 4 is 17.2 Å². The highest BCUT2D eigenvalue weighted by atomic mass is 32.1. The van der Waals surface area contributed by atoms with Crippen LogP contribution in [-0.4, -0.2) is 65.7 Å². The minimum absolute atomic E-state index is 0.0769. The van der Waals surface area contributed by atoms with E-state index in [1.54, 1.807) is 11.3 Å². The Balaban J connectivity index is 1.51. The van der Waals surface area contributed by atoms with Gasteiger partial charge in [-0.3, -0.25) is 9.69 Å². The molecule has 1 atom stereocenters. The molecule has 0 aliphatic carbocycles. The average Bonchev–Trinajstić information content (AvgIpc) is 2.96. The number of rotatable bonds is 4. The lowest BCUT2D eigenvalue weighted by Crippen LogP contribution is -2.52. The molecule has 0 radical (unpaired) electrons. The topological polar surface area (TPSA) is 53.0 Å². The minimum Gasteiger partial charge on any atom is -0.389 e. The number of ether oxygens (including phenoxy) is 1. The number of nitrogens with zero attached hydrogens (tertiary/aromatic N) is 2. The van der Waals surface area contributed by atoms with E-state index in [4.69, 9.17) is 4.74 Å². The van der Waals surface area contributed by atoms with Crippen LogP contribution in [0.2, 0.25) is 0 Å². The molecule has 5 nitrogen and oxygen atoms in total. The van der Waals surface area contributed by atoms with E-state index in [-0.39, 0.29) is 12.0 Å². The van der Waals surface area contributed by atoms with Crippen LogP contribution in [0.15, 0.2) is 11.4 Å². The van der Waals surface area contributed by atoms with Crippen LogP contribution in [0, 0.1) is 0 Å². The standard InChI is InChI=1S/C17H26N2O3S/c1-17(2,21)12-18-5-7-19(8-6-18)16(20)11-14-13-4-10-23-15(13)3-9-22-14/h4,10,14,21H,3,5-9,11-12H2,1-2H3. The molecule has 1 amide bonds. The summed E-state index contributed by atoms with van der Waals surface area (Å²) in [6.07, 6.45) is 1.33. The summed E-state index contributed by atoms with van der Waals surface area (Å²) < 4.78 is 5.83. The molecule has 1 aromatic rings. The Hall–Kier alpha value is -0.950. The maximum Gasteiger partial charge on any atom is 0.225 e. The Morgan fingerprint density at radius 2 is 2.13 bits per heavy atom. The van der Waals surface area contributed by atoms with Crippen molar-refractivity contribution in [3.8, 4) is 0 Å². The summed E-state index contributed by atoms with van der Waals surface area (Å²) in [4.78, 5) is 18.1. The van der Waals surface area contributed by atoms with Gasteiger partial charge >= 0.3 is 0 Å². The van der Waals surface area contributed by atoms with E-state index in [1.807, 2.05) is 18.7 Å². The number of hydrogen-bond acceptors (Lipinski definition) is 5. The molecule has 0 aromatic carbocycles. The molecule has 1 N–H and O–H groups in total. The van der Waals surface area contributed by atoms with E-state index in [2.05, 4.69) is 16.3 Å². The fourth-order valence-electron chi connectivity index (χ4n) is 3.38. The van der Waals surface area contributed by atoms with Gasteiger partial charge in [0.25, 0.3) is 0 Å². The zero-order valence-corrected chi connectivity index (χ0v) is 14.8. The second-order valence-corrected chi connectivity index (χ2v) is 8.08. The first kappa shape index (κ1) is 16.9. The summed E-state index contributed by atoms with van der Waals surface area (Å²) in [6.45, 7) is 8.13. The largest absolute Gasteiger partial charge is 0.389 e. The Bertz CT molecular complexity index is 544. The van der Waals surface area contributed by atoms with Crippen molar-refractivity contribution in [2.45, 2.75) is 38.4 Å². The van der Waals surface area contributed by atoms with Gasteiger partial charge < -0.3 is 14.7 Å². The highest BCUT2D eigenvalue weighted by Crippen LogP contribution is 2.33. The Morgan fingerprint density at radius 3 is 2.83 bits per heavy atom. The molecule has 1 unspecified atom stereocenters. The number of hydrogen-bond donors (Lipinski definition) is 1. The molecule has 23 heavy (non-hydrogen) atoms. The van der Waals surface area contributed by atoms with Crippen LogP contribution < -0.4 is 0 Å². The Morgan fingerprint density at radius 1 is 1.39 bits per heavy atom. The van der Waals surface area contributed by atoms with Gasteiger partial charge in [0.1, 0.15) is 0 Å². The number of β-amino-alcohol motifs (C(OH)–C–C–N with tert-alkyl or cyclic N) is 1. The molecule has 0 spiro atoms. The summed E-state index contributed by atoms with van der Waals surface area (Å²) in [5.41, 5.74) is 0.521. The van der Waals surface area contributed by atoms with E-state index in [0.717, 1.165) is 32.6 Å². The first-order valence-electron chi connectivity index (χ1n) is 8.33. The zero-order valence-electron chi connectivity index (χ0n) is 14.0. The van der Waals surface area contributed by atoms with Gasteiger partial charge in [-0.25, -0.2) is 0 Å². The van der Waals surface area contributed by atoms with Crippen molar-refractivity contribution in [2.24, 2.45) is 0 Å². The smallest absolute Gasteiger partial charge is 0.225 e. The van der Waals surface area contributed by atoms with E-state index in [1.165, 1.54) is 10.4 Å². The lowest BCUT2D eigenvalue weighted by atomic mass is 10.0. The summed E-state index contributed by atoms with van der Waals surface area (Å²) in [6, 6.07) is 2.10. The number of amides is 1. The van der Waals surface area contributed by atoms with Crippen molar-refractivity contribution in [3.63, 3.8) is 0 Å². The lowest BCUT2D eigenvalue weighted by Gasteiger charge is -2.37. The Kier molecular flexibility index (Phi) is 5.06. The first-order valence-corrected chi connectivity index (χ1v) is 9.21. The van der Waals surface area contributed by atoms with Crippen molar-refractivity contribution in [1.82, 2.24) is 9.80 Å². The van der Waals surface area contributed by atoms with Gasteiger partial charge in [-0.1, -0.05) is 0 Å². The summed E-state index contributed by atoms with van der Waals surface area (Å²) in [7, 11) is 0. The Labute approximate surface area is 141 Å². The van der Waals surface area contributed by atoms with Gasteiger partial charge in [0.2, 0.25) is 5.91 Å². The third-order valence-corrected chi connectivity index (χ3v) is 5.47. The number of aliphatic hydroxyl groups is 1. The molecule has 1 saturated heterocycles. The minimum atomic E-state index is -0.683. The molecule has 2 aliphatic heterocycles. The quantitative estimate of drug-likeness (QED) is 0.907.